The Morgan fingerprint density at radius 1 is 1.14 bits per heavy atom. The van der Waals surface area contributed by atoms with Crippen molar-refractivity contribution < 1.29 is 14.6 Å². The summed E-state index contributed by atoms with van der Waals surface area (Å²) in [4.78, 5) is 2.21. The number of aryl methyl sites for hydroxylation is 2. The number of ether oxygens (including phenoxy) is 2. The molecule has 0 amide bonds. The minimum absolute atomic E-state index is 0.369. The first-order valence-electron chi connectivity index (χ1n) is 7.19. The average Bonchev–Trinajstić information content (AvgIpc) is 2.70. The first-order chi connectivity index (χ1) is 10.0. The lowest BCUT2D eigenvalue weighted by Gasteiger charge is -2.13. The number of hydrogen-bond donors (Lipinski definition) is 1. The molecule has 2 unspecified atom stereocenters. The molecule has 0 radical (unpaired) electrons. The van der Waals surface area contributed by atoms with Crippen LogP contribution in [0, 0.1) is 19.8 Å². The second-order valence-corrected chi connectivity index (χ2v) is 7.01. The first kappa shape index (κ1) is 14.4. The summed E-state index contributed by atoms with van der Waals surface area (Å²) in [6.45, 7) is 7.55. The molecule has 21 heavy (non-hydrogen) atoms. The van der Waals surface area contributed by atoms with Gasteiger partial charge in [-0.05, 0) is 43.2 Å². The molecule has 3 rings (SSSR count). The molecule has 0 aliphatic carbocycles. The molecule has 1 aliphatic rings. The molecule has 1 aromatic heterocycles. The van der Waals surface area contributed by atoms with Crippen LogP contribution in [0.1, 0.15) is 33.9 Å². The molecule has 2 heterocycles. The quantitative estimate of drug-likeness (QED) is 0.916. The molecule has 1 N–H and O–H groups in total. The number of thiophene rings is 1. The van der Waals surface area contributed by atoms with Crippen LogP contribution in [0.15, 0.2) is 24.3 Å². The van der Waals surface area contributed by atoms with Crippen LogP contribution in [-0.2, 0) is 0 Å². The van der Waals surface area contributed by atoms with Crippen molar-refractivity contribution in [2.24, 2.45) is 5.92 Å². The predicted octanol–water partition coefficient (Wildman–Crippen LogP) is 3.85. The van der Waals surface area contributed by atoms with Gasteiger partial charge < -0.3 is 14.6 Å². The van der Waals surface area contributed by atoms with E-state index in [4.69, 9.17) is 9.47 Å². The molecular weight excluding hydrogens is 284 g/mol. The zero-order chi connectivity index (χ0) is 15.0. The van der Waals surface area contributed by atoms with Crippen molar-refractivity contribution in [2.75, 3.05) is 13.2 Å². The van der Waals surface area contributed by atoms with Gasteiger partial charge in [-0.2, -0.15) is 0 Å². The molecule has 3 nitrogen and oxygen atoms in total. The Kier molecular flexibility index (Phi) is 3.91. The second kappa shape index (κ2) is 5.70. The maximum atomic E-state index is 10.6. The maximum Gasteiger partial charge on any atom is 0.161 e. The lowest BCUT2D eigenvalue weighted by atomic mass is 10.1. The number of fused-ring (bicyclic) bond motifs is 1. The molecule has 0 bridgehead atoms. The van der Waals surface area contributed by atoms with E-state index in [-0.39, 0.29) is 0 Å². The van der Waals surface area contributed by atoms with Gasteiger partial charge in [-0.3, -0.25) is 0 Å². The van der Waals surface area contributed by atoms with Gasteiger partial charge in [0.15, 0.2) is 11.5 Å². The van der Waals surface area contributed by atoms with Crippen LogP contribution in [-0.4, -0.2) is 18.3 Å². The van der Waals surface area contributed by atoms with Crippen molar-refractivity contribution in [1.82, 2.24) is 0 Å². The number of aliphatic hydroxyl groups is 1. The first-order valence-corrected chi connectivity index (χ1v) is 8.01. The predicted molar refractivity (Wildman–Crippen MR) is 84.5 cm³/mol. The van der Waals surface area contributed by atoms with Crippen LogP contribution in [0.4, 0.5) is 0 Å². The van der Waals surface area contributed by atoms with Crippen molar-refractivity contribution in [1.29, 1.82) is 0 Å². The molecule has 0 saturated heterocycles. The third-order valence-electron chi connectivity index (χ3n) is 3.78. The van der Waals surface area contributed by atoms with E-state index in [0.29, 0.717) is 19.1 Å². The van der Waals surface area contributed by atoms with E-state index in [2.05, 4.69) is 26.8 Å². The van der Waals surface area contributed by atoms with Crippen molar-refractivity contribution in [3.63, 3.8) is 0 Å². The van der Waals surface area contributed by atoms with Crippen LogP contribution in [0.3, 0.4) is 0 Å². The topological polar surface area (TPSA) is 38.7 Å². The zero-order valence-electron chi connectivity index (χ0n) is 12.6. The minimum atomic E-state index is -0.614. The molecule has 1 aromatic carbocycles. The monoisotopic (exact) mass is 304 g/mol. The van der Waals surface area contributed by atoms with Gasteiger partial charge in [-0.15, -0.1) is 11.3 Å². The van der Waals surface area contributed by atoms with Crippen molar-refractivity contribution >= 4 is 11.3 Å². The van der Waals surface area contributed by atoms with E-state index in [1.165, 1.54) is 10.4 Å². The normalized spacial score (nSPS) is 19.1. The molecular formula is C17H20O3S. The zero-order valence-corrected chi connectivity index (χ0v) is 13.4. The Morgan fingerprint density at radius 3 is 2.52 bits per heavy atom. The summed E-state index contributed by atoms with van der Waals surface area (Å²) >= 11 is 1.64. The third-order valence-corrected chi connectivity index (χ3v) is 4.99. The molecule has 0 saturated carbocycles. The van der Waals surface area contributed by atoms with Crippen LogP contribution < -0.4 is 9.47 Å². The Labute approximate surface area is 129 Å². The lowest BCUT2D eigenvalue weighted by molar-refractivity contribution is 0.221. The summed E-state index contributed by atoms with van der Waals surface area (Å²) in [6.07, 6.45) is -0.614. The van der Waals surface area contributed by atoms with E-state index in [9.17, 15) is 5.11 Å². The van der Waals surface area contributed by atoms with E-state index in [0.717, 1.165) is 21.9 Å². The summed E-state index contributed by atoms with van der Waals surface area (Å²) in [7, 11) is 0. The van der Waals surface area contributed by atoms with Crippen LogP contribution in [0.5, 0.6) is 11.5 Å². The summed E-state index contributed by atoms with van der Waals surface area (Å²) < 4.78 is 11.5. The second-order valence-electron chi connectivity index (χ2n) is 5.72. The highest BCUT2D eigenvalue weighted by Gasteiger charge is 2.19. The number of aliphatic hydroxyl groups excluding tert-OH is 1. The lowest BCUT2D eigenvalue weighted by Crippen LogP contribution is -2.12. The van der Waals surface area contributed by atoms with Gasteiger partial charge in [-0.25, -0.2) is 0 Å². The van der Waals surface area contributed by atoms with Crippen molar-refractivity contribution in [2.45, 2.75) is 26.9 Å². The van der Waals surface area contributed by atoms with Gasteiger partial charge in [0.25, 0.3) is 0 Å². The summed E-state index contributed by atoms with van der Waals surface area (Å²) in [5.41, 5.74) is 2.06. The van der Waals surface area contributed by atoms with E-state index in [1.807, 2.05) is 18.2 Å². The number of hydrogen-bond acceptors (Lipinski definition) is 4. The highest BCUT2D eigenvalue weighted by atomic mass is 32.1. The molecule has 4 heteroatoms. The summed E-state index contributed by atoms with van der Waals surface area (Å²) in [6, 6.07) is 7.74. The van der Waals surface area contributed by atoms with Gasteiger partial charge in [0.1, 0.15) is 6.10 Å². The van der Waals surface area contributed by atoms with E-state index < -0.39 is 6.10 Å². The maximum absolute atomic E-state index is 10.6. The number of rotatable bonds is 2. The molecule has 112 valence electrons. The Morgan fingerprint density at radius 2 is 1.86 bits per heavy atom. The Balaban J connectivity index is 1.89. The van der Waals surface area contributed by atoms with Gasteiger partial charge in [0.05, 0.1) is 13.2 Å². The average molecular weight is 304 g/mol. The molecule has 0 fully saturated rings. The molecule has 0 spiro atoms. The third kappa shape index (κ3) is 2.92. The fourth-order valence-corrected chi connectivity index (χ4v) is 3.40. The minimum Gasteiger partial charge on any atom is -0.489 e. The summed E-state index contributed by atoms with van der Waals surface area (Å²) in [5.74, 6) is 1.85. The smallest absolute Gasteiger partial charge is 0.161 e. The van der Waals surface area contributed by atoms with E-state index >= 15 is 0 Å². The van der Waals surface area contributed by atoms with E-state index in [1.54, 1.807) is 11.3 Å². The summed E-state index contributed by atoms with van der Waals surface area (Å²) in [5, 5.41) is 10.6. The fourth-order valence-electron chi connectivity index (χ4n) is 2.34. The van der Waals surface area contributed by atoms with Gasteiger partial charge in [0, 0.05) is 15.7 Å². The van der Waals surface area contributed by atoms with Crippen LogP contribution >= 0.6 is 11.3 Å². The van der Waals surface area contributed by atoms with Gasteiger partial charge >= 0.3 is 0 Å². The Hall–Kier alpha value is -1.52. The van der Waals surface area contributed by atoms with Gasteiger partial charge in [-0.1, -0.05) is 13.0 Å². The Bertz CT molecular complexity index is 628. The molecule has 2 atom stereocenters. The standard InChI is InChI=1S/C17H20O3S/c1-10-8-19-14-5-4-13(7-15(14)20-9-10)17(18)16-6-11(2)12(3)21-16/h4-7,10,17-18H,8-9H2,1-3H3. The SMILES string of the molecule is Cc1cc(C(O)c2ccc3c(c2)OCC(C)CO3)sc1C. The number of benzene rings is 1. The molecule has 1 aliphatic heterocycles. The van der Waals surface area contributed by atoms with Crippen molar-refractivity contribution in [3.05, 3.63) is 45.1 Å². The van der Waals surface area contributed by atoms with Gasteiger partial charge in [0.2, 0.25) is 0 Å². The fraction of sp³-hybridized carbons (Fsp3) is 0.412. The van der Waals surface area contributed by atoms with Crippen molar-refractivity contribution in [3.8, 4) is 11.5 Å². The van der Waals surface area contributed by atoms with Crippen LogP contribution in [0.2, 0.25) is 0 Å². The van der Waals surface area contributed by atoms with Crippen LogP contribution in [0.25, 0.3) is 0 Å². The molecule has 2 aromatic rings. The highest BCUT2D eigenvalue weighted by Crippen LogP contribution is 2.36. The largest absolute Gasteiger partial charge is 0.489 e. The highest BCUT2D eigenvalue weighted by molar-refractivity contribution is 7.12.